The lowest BCUT2D eigenvalue weighted by atomic mass is 9.95. The van der Waals surface area contributed by atoms with Gasteiger partial charge >= 0.3 is 0 Å². The highest BCUT2D eigenvalue weighted by molar-refractivity contribution is 7.80. The molecule has 3 aliphatic rings. The number of rotatable bonds is 4. The Kier molecular flexibility index (Phi) is 5.89. The molecule has 2 saturated heterocycles. The summed E-state index contributed by atoms with van der Waals surface area (Å²) >= 11 is 6.54. The maximum atomic E-state index is 12.5. The summed E-state index contributed by atoms with van der Waals surface area (Å²) in [6.07, 6.45) is 5.01. The van der Waals surface area contributed by atoms with Crippen LogP contribution in [0.2, 0.25) is 0 Å². The Hall–Kier alpha value is -2.33. The van der Waals surface area contributed by atoms with Gasteiger partial charge in [0.2, 0.25) is 11.8 Å². The summed E-state index contributed by atoms with van der Waals surface area (Å²) in [5, 5.41) is 5.55. The molecule has 2 amide bonds. The standard InChI is InChI=1S/C25H27N5O2S2/c31-21-5-4-20(23(32)27-21)30-14-19-17(2-1-3-18(19)25(30)33)13-29-9-6-15(7-10-29)22-26-12-16-8-11-34-24(16)28-22/h1-3,8,11-12,15,20,25,33H,4-7,9-10,13-14H2,(H,27,31,32). The molecule has 0 aliphatic carbocycles. The van der Waals surface area contributed by atoms with Gasteiger partial charge in [-0.05, 0) is 60.5 Å². The van der Waals surface area contributed by atoms with E-state index in [1.54, 1.807) is 11.3 Å². The van der Waals surface area contributed by atoms with Gasteiger partial charge in [0.1, 0.15) is 10.7 Å². The van der Waals surface area contributed by atoms with Crippen molar-refractivity contribution in [3.05, 3.63) is 58.4 Å². The molecule has 3 aliphatic heterocycles. The lowest BCUT2D eigenvalue weighted by Gasteiger charge is -2.32. The van der Waals surface area contributed by atoms with Crippen LogP contribution in [0.25, 0.3) is 10.2 Å². The first kappa shape index (κ1) is 22.2. The van der Waals surface area contributed by atoms with Crippen molar-refractivity contribution in [2.24, 2.45) is 0 Å². The normalized spacial score (nSPS) is 24.5. The Morgan fingerprint density at radius 1 is 1.15 bits per heavy atom. The molecule has 0 saturated carbocycles. The van der Waals surface area contributed by atoms with Crippen molar-refractivity contribution in [1.82, 2.24) is 25.1 Å². The molecule has 9 heteroatoms. The number of hydrogen-bond donors (Lipinski definition) is 2. The van der Waals surface area contributed by atoms with Crippen LogP contribution in [0.4, 0.5) is 0 Å². The van der Waals surface area contributed by atoms with Crippen molar-refractivity contribution in [3.8, 4) is 0 Å². The molecule has 2 aromatic heterocycles. The summed E-state index contributed by atoms with van der Waals surface area (Å²) in [5.41, 5.74) is 3.76. The molecule has 0 bridgehead atoms. The predicted molar refractivity (Wildman–Crippen MR) is 135 cm³/mol. The first-order valence-corrected chi connectivity index (χ1v) is 13.3. The van der Waals surface area contributed by atoms with E-state index in [1.165, 1.54) is 16.7 Å². The highest BCUT2D eigenvalue weighted by atomic mass is 32.1. The molecule has 7 nitrogen and oxygen atoms in total. The molecule has 2 fully saturated rings. The van der Waals surface area contributed by atoms with Crippen LogP contribution in [0, 0.1) is 0 Å². The van der Waals surface area contributed by atoms with Gasteiger partial charge in [-0.1, -0.05) is 18.2 Å². The van der Waals surface area contributed by atoms with E-state index in [2.05, 4.69) is 49.7 Å². The smallest absolute Gasteiger partial charge is 0.243 e. The fourth-order valence-corrected chi connectivity index (χ4v) is 6.75. The van der Waals surface area contributed by atoms with Crippen molar-refractivity contribution < 1.29 is 9.59 Å². The Morgan fingerprint density at radius 2 is 2.00 bits per heavy atom. The molecule has 2 unspecified atom stereocenters. The number of aromatic nitrogens is 2. The third kappa shape index (κ3) is 4.04. The molecule has 176 valence electrons. The zero-order valence-electron chi connectivity index (χ0n) is 18.8. The van der Waals surface area contributed by atoms with Gasteiger partial charge in [-0.15, -0.1) is 11.3 Å². The van der Waals surface area contributed by atoms with Gasteiger partial charge in [-0.3, -0.25) is 24.7 Å². The summed E-state index contributed by atoms with van der Waals surface area (Å²) in [5.74, 6) is 1.01. The van der Waals surface area contributed by atoms with Crippen LogP contribution in [0.5, 0.6) is 0 Å². The Labute approximate surface area is 208 Å². The number of thiophene rings is 1. The van der Waals surface area contributed by atoms with E-state index in [-0.39, 0.29) is 23.2 Å². The first-order valence-electron chi connectivity index (χ1n) is 11.9. The van der Waals surface area contributed by atoms with Crippen LogP contribution in [-0.2, 0) is 22.7 Å². The van der Waals surface area contributed by atoms with Crippen LogP contribution in [-0.4, -0.2) is 50.7 Å². The molecule has 5 heterocycles. The van der Waals surface area contributed by atoms with Crippen molar-refractivity contribution in [2.45, 2.75) is 56.1 Å². The van der Waals surface area contributed by atoms with Gasteiger partial charge in [0.05, 0.1) is 11.4 Å². The number of imide groups is 1. The molecule has 6 rings (SSSR count). The summed E-state index contributed by atoms with van der Waals surface area (Å²) < 4.78 is 0. The van der Waals surface area contributed by atoms with Gasteiger partial charge in [0.25, 0.3) is 0 Å². The number of benzene rings is 1. The molecule has 0 radical (unpaired) electrons. The van der Waals surface area contributed by atoms with Crippen LogP contribution < -0.4 is 5.32 Å². The third-order valence-corrected chi connectivity index (χ3v) is 8.82. The number of carbonyl (C=O) groups excluding carboxylic acids is 2. The van der Waals surface area contributed by atoms with Crippen LogP contribution in [0.1, 0.15) is 59.5 Å². The van der Waals surface area contributed by atoms with E-state index >= 15 is 0 Å². The SMILES string of the molecule is O=C1CCC(N2Cc3c(CN4CCC(c5ncc6ccsc6n5)CC4)cccc3C2S)C(=O)N1. The van der Waals surface area contributed by atoms with Crippen molar-refractivity contribution in [1.29, 1.82) is 0 Å². The Bertz CT molecular complexity index is 1250. The Morgan fingerprint density at radius 3 is 2.82 bits per heavy atom. The number of fused-ring (bicyclic) bond motifs is 2. The second-order valence-corrected chi connectivity index (χ2v) is 10.8. The highest BCUT2D eigenvalue weighted by Crippen LogP contribution is 2.41. The summed E-state index contributed by atoms with van der Waals surface area (Å²) in [6.45, 7) is 3.62. The van der Waals surface area contributed by atoms with Crippen molar-refractivity contribution >= 4 is 46.0 Å². The number of nitrogens with one attached hydrogen (secondary N) is 1. The lowest BCUT2D eigenvalue weighted by molar-refractivity contribution is -0.137. The average Bonchev–Trinajstić information content (AvgIpc) is 3.44. The summed E-state index contributed by atoms with van der Waals surface area (Å²) in [7, 11) is 0. The van der Waals surface area contributed by atoms with E-state index in [1.807, 2.05) is 6.20 Å². The fraction of sp³-hybridized carbons (Fsp3) is 0.440. The molecular formula is C25H27N5O2S2. The minimum atomic E-state index is -0.308. The monoisotopic (exact) mass is 493 g/mol. The molecular weight excluding hydrogens is 466 g/mol. The van der Waals surface area contributed by atoms with Crippen molar-refractivity contribution in [2.75, 3.05) is 13.1 Å². The van der Waals surface area contributed by atoms with E-state index in [0.717, 1.165) is 48.5 Å². The Balaban J connectivity index is 1.13. The van der Waals surface area contributed by atoms with Gasteiger partial charge in [0.15, 0.2) is 0 Å². The van der Waals surface area contributed by atoms with Crippen LogP contribution in [0.15, 0.2) is 35.8 Å². The molecule has 1 aromatic carbocycles. The zero-order chi connectivity index (χ0) is 23.2. The number of piperidine rings is 2. The summed E-state index contributed by atoms with van der Waals surface area (Å²) in [6, 6.07) is 8.18. The predicted octanol–water partition coefficient (Wildman–Crippen LogP) is 3.62. The molecule has 1 N–H and O–H groups in total. The third-order valence-electron chi connectivity index (χ3n) is 7.43. The summed E-state index contributed by atoms with van der Waals surface area (Å²) in [4.78, 5) is 39.2. The van der Waals surface area contributed by atoms with E-state index in [4.69, 9.17) is 17.6 Å². The van der Waals surface area contributed by atoms with Gasteiger partial charge < -0.3 is 0 Å². The maximum absolute atomic E-state index is 12.5. The van der Waals surface area contributed by atoms with E-state index < -0.39 is 0 Å². The van der Waals surface area contributed by atoms with E-state index in [9.17, 15) is 9.59 Å². The minimum Gasteiger partial charge on any atom is -0.299 e. The molecule has 3 aromatic rings. The lowest BCUT2D eigenvalue weighted by Crippen LogP contribution is -2.51. The maximum Gasteiger partial charge on any atom is 0.243 e. The quantitative estimate of drug-likeness (QED) is 0.427. The molecule has 2 atom stereocenters. The second kappa shape index (κ2) is 9.03. The largest absolute Gasteiger partial charge is 0.299 e. The average molecular weight is 494 g/mol. The van der Waals surface area contributed by atoms with Crippen LogP contribution >= 0.6 is 24.0 Å². The van der Waals surface area contributed by atoms with E-state index in [0.29, 0.717) is 25.3 Å². The first-order chi connectivity index (χ1) is 16.6. The topological polar surface area (TPSA) is 78.4 Å². The zero-order valence-corrected chi connectivity index (χ0v) is 20.5. The number of thiol groups is 1. The number of hydrogen-bond acceptors (Lipinski definition) is 8. The van der Waals surface area contributed by atoms with Crippen LogP contribution in [0.3, 0.4) is 0 Å². The minimum absolute atomic E-state index is 0.131. The molecule has 34 heavy (non-hydrogen) atoms. The highest BCUT2D eigenvalue weighted by Gasteiger charge is 2.39. The number of amides is 2. The second-order valence-electron chi connectivity index (χ2n) is 9.46. The number of carbonyl (C=O) groups is 2. The molecule has 0 spiro atoms. The number of nitrogens with zero attached hydrogens (tertiary/aromatic N) is 4. The van der Waals surface area contributed by atoms with Crippen molar-refractivity contribution in [3.63, 3.8) is 0 Å². The van der Waals surface area contributed by atoms with Gasteiger partial charge in [-0.2, -0.15) is 12.6 Å². The fourth-order valence-electron chi connectivity index (χ4n) is 5.52. The van der Waals surface area contributed by atoms with Gasteiger partial charge in [-0.25, -0.2) is 9.97 Å². The number of likely N-dealkylation sites (tertiary alicyclic amines) is 1. The van der Waals surface area contributed by atoms with Gasteiger partial charge in [0, 0.05) is 37.0 Å².